The van der Waals surface area contributed by atoms with E-state index in [2.05, 4.69) is 5.10 Å². The van der Waals surface area contributed by atoms with Crippen LogP contribution in [0.15, 0.2) is 36.7 Å². The van der Waals surface area contributed by atoms with Crippen molar-refractivity contribution in [1.29, 1.82) is 0 Å². The molecule has 1 heterocycles. The van der Waals surface area contributed by atoms with Crippen LogP contribution in [0, 0.1) is 10.1 Å². The fourth-order valence-electron chi connectivity index (χ4n) is 1.63. The Morgan fingerprint density at radius 1 is 1.33 bits per heavy atom. The van der Waals surface area contributed by atoms with E-state index in [4.69, 9.17) is 11.6 Å². The summed E-state index contributed by atoms with van der Waals surface area (Å²) >= 11 is 5.63. The average Bonchev–Trinajstić information content (AvgIpc) is 2.85. The van der Waals surface area contributed by atoms with Gasteiger partial charge in [0.2, 0.25) is 0 Å². The van der Waals surface area contributed by atoms with Gasteiger partial charge in [-0.05, 0) is 30.5 Å². The zero-order chi connectivity index (χ0) is 13.0. The summed E-state index contributed by atoms with van der Waals surface area (Å²) in [4.78, 5) is 10.1. The van der Waals surface area contributed by atoms with Crippen molar-refractivity contribution < 1.29 is 4.92 Å². The Balaban J connectivity index is 2.15. The molecule has 18 heavy (non-hydrogen) atoms. The first-order valence-corrected chi connectivity index (χ1v) is 6.08. The number of nitro groups is 1. The Morgan fingerprint density at radius 3 is 2.67 bits per heavy atom. The lowest BCUT2D eigenvalue weighted by Crippen LogP contribution is -1.95. The molecule has 2 aromatic rings. The van der Waals surface area contributed by atoms with Crippen molar-refractivity contribution in [3.05, 3.63) is 52.3 Å². The number of halogens is 1. The van der Waals surface area contributed by atoms with Gasteiger partial charge in [0.15, 0.2) is 0 Å². The summed E-state index contributed by atoms with van der Waals surface area (Å²) < 4.78 is 1.70. The standard InChI is InChI=1S/C12H12ClN3O2/c13-7-1-2-10-8-14-15(9-10)11-3-5-12(6-4-11)16(17)18/h3-6,8-9H,1-2,7H2. The van der Waals surface area contributed by atoms with E-state index in [0.717, 1.165) is 24.1 Å². The fourth-order valence-corrected chi connectivity index (χ4v) is 1.76. The highest BCUT2D eigenvalue weighted by molar-refractivity contribution is 6.17. The number of non-ortho nitro benzene ring substituents is 1. The van der Waals surface area contributed by atoms with Gasteiger partial charge in [0.05, 0.1) is 16.8 Å². The molecule has 0 aliphatic heterocycles. The highest BCUT2D eigenvalue weighted by Gasteiger charge is 2.06. The molecule has 0 bridgehead atoms. The summed E-state index contributed by atoms with van der Waals surface area (Å²) in [5.74, 6) is 0.628. The zero-order valence-corrected chi connectivity index (χ0v) is 10.4. The lowest BCUT2D eigenvalue weighted by molar-refractivity contribution is -0.384. The summed E-state index contributed by atoms with van der Waals surface area (Å²) in [6.45, 7) is 0. The number of alkyl halides is 1. The molecule has 0 unspecified atom stereocenters. The molecule has 2 rings (SSSR count). The fraction of sp³-hybridized carbons (Fsp3) is 0.250. The molecule has 6 heteroatoms. The van der Waals surface area contributed by atoms with Crippen molar-refractivity contribution in [2.24, 2.45) is 0 Å². The van der Waals surface area contributed by atoms with Crippen LogP contribution < -0.4 is 0 Å². The SMILES string of the molecule is O=[N+]([O-])c1ccc(-n2cc(CCCCl)cn2)cc1. The second-order valence-electron chi connectivity index (χ2n) is 3.86. The molecule has 0 fully saturated rings. The number of rotatable bonds is 5. The molecule has 94 valence electrons. The lowest BCUT2D eigenvalue weighted by atomic mass is 10.2. The maximum absolute atomic E-state index is 10.5. The number of hydrogen-bond donors (Lipinski definition) is 0. The van der Waals surface area contributed by atoms with Gasteiger partial charge in [-0.3, -0.25) is 10.1 Å². The van der Waals surface area contributed by atoms with Crippen LogP contribution in [0.25, 0.3) is 5.69 Å². The van der Waals surface area contributed by atoms with Gasteiger partial charge in [-0.15, -0.1) is 11.6 Å². The molecule has 0 radical (unpaired) electrons. The van der Waals surface area contributed by atoms with E-state index < -0.39 is 4.92 Å². The van der Waals surface area contributed by atoms with Crippen LogP contribution in [-0.4, -0.2) is 20.6 Å². The summed E-state index contributed by atoms with van der Waals surface area (Å²) in [5.41, 5.74) is 1.99. The summed E-state index contributed by atoms with van der Waals surface area (Å²) in [6, 6.07) is 6.29. The van der Waals surface area contributed by atoms with E-state index in [1.54, 1.807) is 23.0 Å². The molecular formula is C12H12ClN3O2. The Hall–Kier alpha value is -1.88. The monoisotopic (exact) mass is 265 g/mol. The van der Waals surface area contributed by atoms with E-state index in [9.17, 15) is 10.1 Å². The molecule has 0 saturated carbocycles. The molecule has 0 saturated heterocycles. The Labute approximate surface area is 109 Å². The second kappa shape index (κ2) is 5.64. The Morgan fingerprint density at radius 2 is 2.06 bits per heavy atom. The molecule has 0 spiro atoms. The summed E-state index contributed by atoms with van der Waals surface area (Å²) in [5, 5.41) is 14.8. The number of hydrogen-bond acceptors (Lipinski definition) is 3. The molecule has 0 atom stereocenters. The second-order valence-corrected chi connectivity index (χ2v) is 4.24. The van der Waals surface area contributed by atoms with Crippen molar-refractivity contribution in [3.63, 3.8) is 0 Å². The van der Waals surface area contributed by atoms with E-state index in [1.165, 1.54) is 12.1 Å². The number of nitro benzene ring substituents is 1. The van der Waals surface area contributed by atoms with Gasteiger partial charge in [0.25, 0.3) is 5.69 Å². The van der Waals surface area contributed by atoms with E-state index >= 15 is 0 Å². The first-order chi connectivity index (χ1) is 8.70. The van der Waals surface area contributed by atoms with Gasteiger partial charge in [-0.2, -0.15) is 5.10 Å². The third kappa shape index (κ3) is 2.87. The maximum atomic E-state index is 10.5. The largest absolute Gasteiger partial charge is 0.269 e. The predicted molar refractivity (Wildman–Crippen MR) is 69.3 cm³/mol. The minimum absolute atomic E-state index is 0.0771. The average molecular weight is 266 g/mol. The van der Waals surface area contributed by atoms with Crippen molar-refractivity contribution >= 4 is 17.3 Å². The first kappa shape index (κ1) is 12.6. The number of benzene rings is 1. The molecule has 1 aromatic heterocycles. The molecule has 1 aromatic carbocycles. The normalized spacial score (nSPS) is 10.5. The summed E-state index contributed by atoms with van der Waals surface area (Å²) in [7, 11) is 0. The van der Waals surface area contributed by atoms with Crippen LogP contribution in [0.1, 0.15) is 12.0 Å². The van der Waals surface area contributed by atoms with Gasteiger partial charge in [-0.1, -0.05) is 0 Å². The van der Waals surface area contributed by atoms with Gasteiger partial charge < -0.3 is 0 Å². The highest BCUT2D eigenvalue weighted by Crippen LogP contribution is 2.15. The van der Waals surface area contributed by atoms with E-state index in [-0.39, 0.29) is 5.69 Å². The molecule has 5 nitrogen and oxygen atoms in total. The first-order valence-electron chi connectivity index (χ1n) is 5.55. The Bertz CT molecular complexity index is 537. The minimum Gasteiger partial charge on any atom is -0.258 e. The van der Waals surface area contributed by atoms with E-state index in [1.807, 2.05) is 6.20 Å². The smallest absolute Gasteiger partial charge is 0.258 e. The summed E-state index contributed by atoms with van der Waals surface area (Å²) in [6.07, 6.45) is 5.49. The maximum Gasteiger partial charge on any atom is 0.269 e. The van der Waals surface area contributed by atoms with Crippen LogP contribution in [0.4, 0.5) is 5.69 Å². The highest BCUT2D eigenvalue weighted by atomic mass is 35.5. The third-order valence-corrected chi connectivity index (χ3v) is 2.83. The molecule has 0 N–H and O–H groups in total. The number of nitrogens with zero attached hydrogens (tertiary/aromatic N) is 3. The molecular weight excluding hydrogens is 254 g/mol. The molecule has 0 aliphatic carbocycles. The predicted octanol–water partition coefficient (Wildman–Crippen LogP) is 2.95. The third-order valence-electron chi connectivity index (χ3n) is 2.56. The van der Waals surface area contributed by atoms with Gasteiger partial charge in [0.1, 0.15) is 0 Å². The van der Waals surface area contributed by atoms with Crippen molar-refractivity contribution in [3.8, 4) is 5.69 Å². The van der Waals surface area contributed by atoms with Crippen molar-refractivity contribution in [2.45, 2.75) is 12.8 Å². The van der Waals surface area contributed by atoms with Gasteiger partial charge in [0, 0.05) is 24.2 Å². The van der Waals surface area contributed by atoms with Crippen LogP contribution >= 0.6 is 11.6 Å². The topological polar surface area (TPSA) is 61.0 Å². The number of aromatic nitrogens is 2. The van der Waals surface area contributed by atoms with Crippen molar-refractivity contribution in [2.75, 3.05) is 5.88 Å². The Kier molecular flexibility index (Phi) is 3.94. The van der Waals surface area contributed by atoms with Crippen LogP contribution in [0.2, 0.25) is 0 Å². The number of aryl methyl sites for hydroxylation is 1. The van der Waals surface area contributed by atoms with Gasteiger partial charge >= 0.3 is 0 Å². The van der Waals surface area contributed by atoms with Crippen LogP contribution in [0.5, 0.6) is 0 Å². The van der Waals surface area contributed by atoms with Gasteiger partial charge in [-0.25, -0.2) is 4.68 Å². The van der Waals surface area contributed by atoms with E-state index in [0.29, 0.717) is 5.88 Å². The van der Waals surface area contributed by atoms with Crippen molar-refractivity contribution in [1.82, 2.24) is 9.78 Å². The quantitative estimate of drug-likeness (QED) is 0.474. The lowest BCUT2D eigenvalue weighted by Gasteiger charge is -2.00. The molecule has 0 aliphatic rings. The van der Waals surface area contributed by atoms with Crippen LogP contribution in [0.3, 0.4) is 0 Å². The van der Waals surface area contributed by atoms with Crippen LogP contribution in [-0.2, 0) is 6.42 Å². The zero-order valence-electron chi connectivity index (χ0n) is 9.62. The minimum atomic E-state index is -0.418. The molecule has 0 amide bonds.